The van der Waals surface area contributed by atoms with E-state index in [1.807, 2.05) is 0 Å². The zero-order chi connectivity index (χ0) is 11.6. The van der Waals surface area contributed by atoms with Gasteiger partial charge in [0.15, 0.2) is 5.78 Å². The predicted molar refractivity (Wildman–Crippen MR) is 61.6 cm³/mol. The number of ketones is 1. The number of aliphatic hydroxyl groups is 1. The van der Waals surface area contributed by atoms with E-state index in [0.29, 0.717) is 10.6 Å². The van der Waals surface area contributed by atoms with Crippen molar-refractivity contribution in [1.29, 1.82) is 0 Å². The lowest BCUT2D eigenvalue weighted by Crippen LogP contribution is -2.26. The number of halogens is 2. The summed E-state index contributed by atoms with van der Waals surface area (Å²) in [6.07, 6.45) is -1.02. The molecule has 0 fully saturated rings. The number of benzene rings is 1. The number of rotatable bonds is 3. The third kappa shape index (κ3) is 2.94. The molecular weight excluding hydrogens is 235 g/mol. The Morgan fingerprint density at radius 2 is 1.93 bits per heavy atom. The van der Waals surface area contributed by atoms with Crippen LogP contribution in [-0.2, 0) is 0 Å². The van der Waals surface area contributed by atoms with Gasteiger partial charge in [0.1, 0.15) is 6.10 Å². The molecule has 0 saturated carbocycles. The highest BCUT2D eigenvalue weighted by Crippen LogP contribution is 2.23. The summed E-state index contributed by atoms with van der Waals surface area (Å²) in [7, 11) is 0. The highest BCUT2D eigenvalue weighted by atomic mass is 35.5. The Hall–Kier alpha value is -0.570. The summed E-state index contributed by atoms with van der Waals surface area (Å²) in [5, 5.41) is 10.3. The van der Waals surface area contributed by atoms with Gasteiger partial charge in [-0.05, 0) is 24.1 Å². The molecule has 1 aromatic carbocycles. The predicted octanol–water partition coefficient (Wildman–Crippen LogP) is 3.19. The zero-order valence-corrected chi connectivity index (χ0v) is 10.0. The van der Waals surface area contributed by atoms with Crippen LogP contribution in [0.3, 0.4) is 0 Å². The van der Waals surface area contributed by atoms with Crippen molar-refractivity contribution in [3.8, 4) is 0 Å². The number of carbonyl (C=O) groups is 1. The standard InChI is InChI=1S/C11H12Cl2O2/c1-6(2)10(14)11(15)8-4-3-7(12)5-9(8)13/h3-6,10,14H,1-2H3. The van der Waals surface area contributed by atoms with E-state index >= 15 is 0 Å². The van der Waals surface area contributed by atoms with E-state index in [1.165, 1.54) is 12.1 Å². The van der Waals surface area contributed by atoms with Crippen LogP contribution in [-0.4, -0.2) is 17.0 Å². The van der Waals surface area contributed by atoms with E-state index in [-0.39, 0.29) is 16.7 Å². The first-order valence-electron chi connectivity index (χ1n) is 4.61. The number of hydrogen-bond acceptors (Lipinski definition) is 2. The first kappa shape index (κ1) is 12.5. The molecule has 0 aromatic heterocycles. The Morgan fingerprint density at radius 3 is 2.40 bits per heavy atom. The van der Waals surface area contributed by atoms with Crippen LogP contribution in [0.15, 0.2) is 18.2 Å². The van der Waals surface area contributed by atoms with Gasteiger partial charge in [-0.15, -0.1) is 0 Å². The fourth-order valence-corrected chi connectivity index (χ4v) is 1.65. The Kier molecular flexibility index (Phi) is 4.14. The van der Waals surface area contributed by atoms with Crippen molar-refractivity contribution in [3.63, 3.8) is 0 Å². The third-order valence-electron chi connectivity index (χ3n) is 2.10. The smallest absolute Gasteiger partial charge is 0.193 e. The normalized spacial score (nSPS) is 12.9. The maximum absolute atomic E-state index is 11.7. The summed E-state index contributed by atoms with van der Waals surface area (Å²) < 4.78 is 0. The highest BCUT2D eigenvalue weighted by molar-refractivity contribution is 6.37. The molecule has 0 aliphatic rings. The molecular formula is C11H12Cl2O2. The third-order valence-corrected chi connectivity index (χ3v) is 2.64. The van der Waals surface area contributed by atoms with Crippen LogP contribution in [0, 0.1) is 5.92 Å². The van der Waals surface area contributed by atoms with Crippen molar-refractivity contribution in [2.45, 2.75) is 20.0 Å². The monoisotopic (exact) mass is 246 g/mol. The summed E-state index contributed by atoms with van der Waals surface area (Å²) in [5.41, 5.74) is 0.308. The van der Waals surface area contributed by atoms with Crippen LogP contribution in [0.1, 0.15) is 24.2 Å². The van der Waals surface area contributed by atoms with Crippen LogP contribution in [0.5, 0.6) is 0 Å². The lowest BCUT2D eigenvalue weighted by Gasteiger charge is -2.13. The van der Waals surface area contributed by atoms with Gasteiger partial charge >= 0.3 is 0 Å². The Morgan fingerprint density at radius 1 is 1.33 bits per heavy atom. The second-order valence-corrected chi connectivity index (χ2v) is 4.52. The van der Waals surface area contributed by atoms with E-state index in [9.17, 15) is 9.90 Å². The molecule has 1 N–H and O–H groups in total. The molecule has 1 rings (SSSR count). The molecule has 0 amide bonds. The molecule has 0 spiro atoms. The average Bonchev–Trinajstić information content (AvgIpc) is 2.15. The van der Waals surface area contributed by atoms with Crippen molar-refractivity contribution in [2.75, 3.05) is 0 Å². The van der Waals surface area contributed by atoms with Crippen molar-refractivity contribution >= 4 is 29.0 Å². The first-order valence-corrected chi connectivity index (χ1v) is 5.36. The quantitative estimate of drug-likeness (QED) is 0.833. The highest BCUT2D eigenvalue weighted by Gasteiger charge is 2.22. The number of carbonyl (C=O) groups excluding carboxylic acids is 1. The van der Waals surface area contributed by atoms with Gasteiger partial charge in [-0.1, -0.05) is 37.0 Å². The van der Waals surface area contributed by atoms with Crippen LogP contribution < -0.4 is 0 Å². The minimum atomic E-state index is -1.02. The summed E-state index contributed by atoms with van der Waals surface area (Å²) in [5.74, 6) is -0.504. The van der Waals surface area contributed by atoms with E-state index in [0.717, 1.165) is 0 Å². The largest absolute Gasteiger partial charge is 0.385 e. The van der Waals surface area contributed by atoms with Gasteiger partial charge in [0.05, 0.1) is 5.02 Å². The van der Waals surface area contributed by atoms with Crippen LogP contribution in [0.2, 0.25) is 10.0 Å². The minimum Gasteiger partial charge on any atom is -0.385 e. The maximum atomic E-state index is 11.7. The van der Waals surface area contributed by atoms with Crippen molar-refractivity contribution in [1.82, 2.24) is 0 Å². The fourth-order valence-electron chi connectivity index (χ4n) is 1.15. The van der Waals surface area contributed by atoms with Crippen LogP contribution >= 0.6 is 23.2 Å². The molecule has 1 atom stereocenters. The topological polar surface area (TPSA) is 37.3 Å². The van der Waals surface area contributed by atoms with Gasteiger partial charge in [0, 0.05) is 10.6 Å². The Bertz CT molecular complexity index is 375. The molecule has 0 aliphatic heterocycles. The van der Waals surface area contributed by atoms with Gasteiger partial charge < -0.3 is 5.11 Å². The molecule has 1 aromatic rings. The van der Waals surface area contributed by atoms with E-state index in [1.54, 1.807) is 19.9 Å². The molecule has 4 heteroatoms. The molecule has 1 unspecified atom stereocenters. The lowest BCUT2D eigenvalue weighted by atomic mass is 9.98. The van der Waals surface area contributed by atoms with Crippen molar-refractivity contribution in [3.05, 3.63) is 33.8 Å². The summed E-state index contributed by atoms with van der Waals surface area (Å²) >= 11 is 11.6. The number of hydrogen-bond donors (Lipinski definition) is 1. The average molecular weight is 247 g/mol. The van der Waals surface area contributed by atoms with E-state index < -0.39 is 6.10 Å². The summed E-state index contributed by atoms with van der Waals surface area (Å²) in [6, 6.07) is 4.59. The second-order valence-electron chi connectivity index (χ2n) is 3.68. The minimum absolute atomic E-state index is 0.135. The molecule has 0 radical (unpaired) electrons. The number of Topliss-reactive ketones (excluding diaryl/α,β-unsaturated/α-hetero) is 1. The van der Waals surface area contributed by atoms with Gasteiger partial charge in [-0.25, -0.2) is 0 Å². The molecule has 0 saturated heterocycles. The summed E-state index contributed by atoms with van der Waals surface area (Å²) in [4.78, 5) is 11.7. The Balaban J connectivity index is 3.01. The van der Waals surface area contributed by atoms with Gasteiger partial charge in [0.25, 0.3) is 0 Å². The van der Waals surface area contributed by atoms with Gasteiger partial charge in [-0.3, -0.25) is 4.79 Å². The first-order chi connectivity index (χ1) is 6.93. The van der Waals surface area contributed by atoms with Gasteiger partial charge in [-0.2, -0.15) is 0 Å². The van der Waals surface area contributed by atoms with E-state index in [4.69, 9.17) is 23.2 Å². The lowest BCUT2D eigenvalue weighted by molar-refractivity contribution is 0.0648. The Labute approximate surface area is 98.8 Å². The molecule has 0 bridgehead atoms. The molecule has 0 heterocycles. The number of aliphatic hydroxyl groups excluding tert-OH is 1. The molecule has 0 aliphatic carbocycles. The summed E-state index contributed by atoms with van der Waals surface area (Å²) in [6.45, 7) is 3.54. The van der Waals surface area contributed by atoms with Crippen molar-refractivity contribution < 1.29 is 9.90 Å². The molecule has 15 heavy (non-hydrogen) atoms. The molecule has 82 valence electrons. The van der Waals surface area contributed by atoms with Gasteiger partial charge in [0.2, 0.25) is 0 Å². The van der Waals surface area contributed by atoms with Crippen LogP contribution in [0.25, 0.3) is 0 Å². The van der Waals surface area contributed by atoms with Crippen LogP contribution in [0.4, 0.5) is 0 Å². The van der Waals surface area contributed by atoms with E-state index in [2.05, 4.69) is 0 Å². The second kappa shape index (κ2) is 4.97. The molecule has 2 nitrogen and oxygen atoms in total. The fraction of sp³-hybridized carbons (Fsp3) is 0.364. The maximum Gasteiger partial charge on any atom is 0.193 e. The van der Waals surface area contributed by atoms with Crippen molar-refractivity contribution in [2.24, 2.45) is 5.92 Å². The SMILES string of the molecule is CC(C)C(O)C(=O)c1ccc(Cl)cc1Cl. The zero-order valence-electron chi connectivity index (χ0n) is 8.50.